The number of anilines is 1. The quantitative estimate of drug-likeness (QED) is 0.260. The fourth-order valence-corrected chi connectivity index (χ4v) is 2.52. The highest BCUT2D eigenvalue weighted by molar-refractivity contribution is 7.98. The summed E-state index contributed by atoms with van der Waals surface area (Å²) in [5.74, 6) is 5.44. The van der Waals surface area contributed by atoms with Crippen LogP contribution in [0.15, 0.2) is 10.5 Å². The van der Waals surface area contributed by atoms with E-state index in [1.165, 1.54) is 23.1 Å². The first-order valence-electron chi connectivity index (χ1n) is 4.45. The summed E-state index contributed by atoms with van der Waals surface area (Å²) in [6.07, 6.45) is 0. The normalized spacial score (nSPS) is 10.4. The van der Waals surface area contributed by atoms with E-state index in [4.69, 9.17) is 11.6 Å². The second-order valence-electron chi connectivity index (χ2n) is 2.91. The van der Waals surface area contributed by atoms with Crippen molar-refractivity contribution in [3.63, 3.8) is 0 Å². The van der Waals surface area contributed by atoms with Crippen molar-refractivity contribution < 1.29 is 4.79 Å². The summed E-state index contributed by atoms with van der Waals surface area (Å²) in [6.45, 7) is 0. The molecule has 6 N–H and O–H groups in total. The lowest BCUT2D eigenvalue weighted by molar-refractivity contribution is 0.0953. The van der Waals surface area contributed by atoms with Crippen LogP contribution in [0.3, 0.4) is 0 Å². The van der Waals surface area contributed by atoms with E-state index >= 15 is 0 Å². The van der Waals surface area contributed by atoms with E-state index in [1.807, 2.05) is 5.43 Å². The second kappa shape index (κ2) is 5.12. The van der Waals surface area contributed by atoms with Crippen molar-refractivity contribution in [2.24, 2.45) is 5.84 Å². The van der Waals surface area contributed by atoms with E-state index in [-0.39, 0.29) is 5.95 Å². The van der Waals surface area contributed by atoms with Crippen molar-refractivity contribution >= 4 is 35.0 Å². The summed E-state index contributed by atoms with van der Waals surface area (Å²) in [5.41, 5.74) is 8.18. The molecule has 2 aromatic rings. The first-order chi connectivity index (χ1) is 8.19. The molecule has 0 aromatic carbocycles. The predicted molar refractivity (Wildman–Crippen MR) is 64.1 cm³/mol. The summed E-state index contributed by atoms with van der Waals surface area (Å²) in [5, 5.41) is 9.06. The van der Waals surface area contributed by atoms with Gasteiger partial charge in [-0.25, -0.2) is 15.9 Å². The molecule has 2 rings (SSSR count). The number of hydrogen-bond acceptors (Lipinski definition) is 8. The molecule has 2 aromatic heterocycles. The molecule has 17 heavy (non-hydrogen) atoms. The average molecular weight is 271 g/mol. The summed E-state index contributed by atoms with van der Waals surface area (Å²) < 4.78 is 0. The molecule has 0 radical (unpaired) electrons. The van der Waals surface area contributed by atoms with Gasteiger partial charge in [0.2, 0.25) is 11.1 Å². The minimum atomic E-state index is -0.395. The van der Waals surface area contributed by atoms with Gasteiger partial charge in [0.05, 0.1) is 5.69 Å². The number of H-pyrrole nitrogens is 1. The molecule has 0 aliphatic carbocycles. The van der Waals surface area contributed by atoms with E-state index in [9.17, 15) is 4.79 Å². The second-order valence-corrected chi connectivity index (χ2v) is 4.71. The Morgan fingerprint density at radius 3 is 3.06 bits per heavy atom. The molecule has 2 heterocycles. The van der Waals surface area contributed by atoms with E-state index in [2.05, 4.69) is 20.2 Å². The van der Waals surface area contributed by atoms with E-state index in [0.29, 0.717) is 15.9 Å². The number of nitrogens with two attached hydrogens (primary N) is 2. The average Bonchev–Trinajstić information content (AvgIpc) is 2.94. The molecule has 1 amide bonds. The maximum Gasteiger partial charge on any atom is 0.294 e. The maximum absolute atomic E-state index is 11.2. The van der Waals surface area contributed by atoms with Gasteiger partial charge in [-0.1, -0.05) is 11.8 Å². The lowest BCUT2D eigenvalue weighted by atomic mass is 10.5. The zero-order valence-electron chi connectivity index (χ0n) is 8.51. The molecular weight excluding hydrogens is 262 g/mol. The Morgan fingerprint density at radius 1 is 1.59 bits per heavy atom. The van der Waals surface area contributed by atoms with Crippen LogP contribution in [-0.4, -0.2) is 26.1 Å². The summed E-state index contributed by atoms with van der Waals surface area (Å²) in [4.78, 5) is 19.2. The van der Waals surface area contributed by atoms with Crippen LogP contribution in [0.25, 0.3) is 0 Å². The molecule has 0 atom stereocenters. The maximum atomic E-state index is 11.2. The lowest BCUT2D eigenvalue weighted by Crippen LogP contribution is -2.29. The third kappa shape index (κ3) is 2.93. The Labute approximate surface area is 104 Å². The number of aromatic nitrogens is 4. The third-order valence-electron chi connectivity index (χ3n) is 1.71. The van der Waals surface area contributed by atoms with Crippen LogP contribution < -0.4 is 17.0 Å². The topological polar surface area (TPSA) is 136 Å². The molecule has 0 unspecified atom stereocenters. The van der Waals surface area contributed by atoms with Crippen molar-refractivity contribution in [1.82, 2.24) is 25.6 Å². The van der Waals surface area contributed by atoms with E-state index in [0.717, 1.165) is 5.69 Å². The zero-order valence-corrected chi connectivity index (χ0v) is 10.1. The number of nitrogen functional groups attached to an aromatic ring is 2. The number of thiazole rings is 1. The molecule has 0 spiro atoms. The highest BCUT2D eigenvalue weighted by atomic mass is 32.2. The largest absolute Gasteiger partial charge is 0.368 e. The van der Waals surface area contributed by atoms with Gasteiger partial charge in [-0.3, -0.25) is 10.2 Å². The van der Waals surface area contributed by atoms with Gasteiger partial charge in [0.1, 0.15) is 0 Å². The van der Waals surface area contributed by atoms with E-state index in [1.54, 1.807) is 5.38 Å². The van der Waals surface area contributed by atoms with Gasteiger partial charge >= 0.3 is 0 Å². The molecule has 0 saturated heterocycles. The Morgan fingerprint density at radius 2 is 2.41 bits per heavy atom. The SMILES string of the molecule is NNC(=O)c1nc(CSc2n[nH]c(N)n2)cs1. The minimum Gasteiger partial charge on any atom is -0.368 e. The smallest absolute Gasteiger partial charge is 0.294 e. The molecule has 0 bridgehead atoms. The molecule has 8 nitrogen and oxygen atoms in total. The van der Waals surface area contributed by atoms with Crippen molar-refractivity contribution in [3.8, 4) is 0 Å². The summed E-state index contributed by atoms with van der Waals surface area (Å²) >= 11 is 2.61. The number of carbonyl (C=O) groups excluding carboxylic acids is 1. The number of nitrogens with zero attached hydrogens (tertiary/aromatic N) is 3. The fraction of sp³-hybridized carbons (Fsp3) is 0.143. The van der Waals surface area contributed by atoms with Gasteiger partial charge in [-0.15, -0.1) is 16.4 Å². The Balaban J connectivity index is 1.95. The standard InChI is InChI=1S/C7H9N7OS2/c8-6-11-7(14-13-6)17-2-3-1-16-5(10-3)4(15)12-9/h1H,2,9H2,(H,12,15)(H3,8,11,13,14). The van der Waals surface area contributed by atoms with Crippen LogP contribution >= 0.6 is 23.1 Å². The van der Waals surface area contributed by atoms with Crippen molar-refractivity contribution in [2.45, 2.75) is 10.9 Å². The lowest BCUT2D eigenvalue weighted by Gasteiger charge is -1.93. The van der Waals surface area contributed by atoms with Crippen LogP contribution in [0.5, 0.6) is 0 Å². The first-order valence-corrected chi connectivity index (χ1v) is 6.31. The van der Waals surface area contributed by atoms with Crippen LogP contribution in [-0.2, 0) is 5.75 Å². The fourth-order valence-electron chi connectivity index (χ4n) is 1.00. The van der Waals surface area contributed by atoms with Gasteiger partial charge in [0.25, 0.3) is 5.91 Å². The van der Waals surface area contributed by atoms with E-state index < -0.39 is 5.91 Å². The monoisotopic (exact) mass is 271 g/mol. The van der Waals surface area contributed by atoms with Gasteiger partial charge in [0, 0.05) is 11.1 Å². The van der Waals surface area contributed by atoms with Crippen molar-refractivity contribution in [3.05, 3.63) is 16.1 Å². The van der Waals surface area contributed by atoms with Gasteiger partial charge in [-0.05, 0) is 0 Å². The van der Waals surface area contributed by atoms with Gasteiger partial charge < -0.3 is 5.73 Å². The number of carbonyl (C=O) groups is 1. The number of rotatable bonds is 4. The molecule has 10 heteroatoms. The van der Waals surface area contributed by atoms with Crippen molar-refractivity contribution in [2.75, 3.05) is 5.73 Å². The highest BCUT2D eigenvalue weighted by Gasteiger charge is 2.10. The number of amides is 1. The minimum absolute atomic E-state index is 0.272. The number of thioether (sulfide) groups is 1. The Bertz CT molecular complexity index is 522. The van der Waals surface area contributed by atoms with Crippen LogP contribution in [0, 0.1) is 0 Å². The molecular formula is C7H9N7OS2. The summed E-state index contributed by atoms with van der Waals surface area (Å²) in [7, 11) is 0. The van der Waals surface area contributed by atoms with Crippen LogP contribution in [0.1, 0.15) is 15.5 Å². The Kier molecular flexibility index (Phi) is 3.56. The number of nitrogens with one attached hydrogen (secondary N) is 2. The predicted octanol–water partition coefficient (Wildman–Crippen LogP) is -0.261. The van der Waals surface area contributed by atoms with Crippen LogP contribution in [0.4, 0.5) is 5.95 Å². The molecule has 90 valence electrons. The van der Waals surface area contributed by atoms with Gasteiger partial charge in [-0.2, -0.15) is 4.98 Å². The molecule has 0 aliphatic rings. The number of hydrogen-bond donors (Lipinski definition) is 4. The molecule has 0 saturated carbocycles. The number of hydrazine groups is 1. The van der Waals surface area contributed by atoms with Crippen LogP contribution in [0.2, 0.25) is 0 Å². The highest BCUT2D eigenvalue weighted by Crippen LogP contribution is 2.20. The first kappa shape index (κ1) is 11.8. The molecule has 0 aliphatic heterocycles. The zero-order chi connectivity index (χ0) is 12.3. The van der Waals surface area contributed by atoms with Crippen molar-refractivity contribution in [1.29, 1.82) is 0 Å². The third-order valence-corrected chi connectivity index (χ3v) is 3.48. The summed E-state index contributed by atoms with van der Waals surface area (Å²) in [6, 6.07) is 0. The number of aromatic amines is 1. The molecule has 0 fully saturated rings. The Hall–Kier alpha value is -1.65. The van der Waals surface area contributed by atoms with Gasteiger partial charge in [0.15, 0.2) is 5.01 Å².